The van der Waals surface area contributed by atoms with Gasteiger partial charge in [0.1, 0.15) is 0 Å². The standard InChI is InChI=1S/C13H9.Zn/c1-3-7-12-10(5-1)9-11-6-2-4-8-13(11)12;/h1-5,7-8H,9H2;. The molecule has 0 N–H and O–H groups in total. The van der Waals surface area contributed by atoms with Gasteiger partial charge >= 0.3 is 93.6 Å². The van der Waals surface area contributed by atoms with Crippen LogP contribution in [-0.2, 0) is 24.7 Å². The van der Waals surface area contributed by atoms with E-state index in [0.717, 1.165) is 6.42 Å². The molecule has 0 atom stereocenters. The molecule has 0 bridgehead atoms. The Balaban J connectivity index is 2.33. The number of benzene rings is 2. The van der Waals surface area contributed by atoms with Gasteiger partial charge in [-0.1, -0.05) is 0 Å². The van der Waals surface area contributed by atoms with E-state index in [0.29, 0.717) is 0 Å². The minimum absolute atomic E-state index is 1.14. The molecule has 0 aromatic heterocycles. The van der Waals surface area contributed by atoms with Crippen LogP contribution in [0, 0.1) is 0 Å². The summed E-state index contributed by atoms with van der Waals surface area (Å²) < 4.78 is 1.54. The molecule has 0 radical (unpaired) electrons. The first kappa shape index (κ1) is 8.38. The van der Waals surface area contributed by atoms with Crippen molar-refractivity contribution in [1.29, 1.82) is 0 Å². The molecule has 0 nitrogen and oxygen atoms in total. The zero-order valence-electron chi connectivity index (χ0n) is 7.96. The summed E-state index contributed by atoms with van der Waals surface area (Å²) in [6.45, 7) is 0. The van der Waals surface area contributed by atoms with Crippen molar-refractivity contribution in [2.75, 3.05) is 0 Å². The van der Waals surface area contributed by atoms with Gasteiger partial charge in [-0.15, -0.1) is 0 Å². The molecule has 1 aliphatic carbocycles. The predicted octanol–water partition coefficient (Wildman–Crippen LogP) is 2.43. The summed E-state index contributed by atoms with van der Waals surface area (Å²) in [6.07, 6.45) is 1.14. The van der Waals surface area contributed by atoms with Crippen molar-refractivity contribution in [3.8, 4) is 11.1 Å². The molecule has 3 rings (SSSR count). The van der Waals surface area contributed by atoms with Gasteiger partial charge in [0.2, 0.25) is 0 Å². The minimum atomic E-state index is 1.14. The van der Waals surface area contributed by atoms with Gasteiger partial charge in [0.15, 0.2) is 0 Å². The fourth-order valence-electron chi connectivity index (χ4n) is 2.22. The van der Waals surface area contributed by atoms with Crippen LogP contribution >= 0.6 is 0 Å². The molecule has 0 amide bonds. The summed E-state index contributed by atoms with van der Waals surface area (Å²) in [4.78, 5) is 0. The maximum atomic E-state index is 2.25. The fourth-order valence-corrected chi connectivity index (χ4v) is 3.17. The monoisotopic (exact) mass is 229 g/mol. The van der Waals surface area contributed by atoms with Crippen molar-refractivity contribution < 1.29 is 18.3 Å². The van der Waals surface area contributed by atoms with Crippen LogP contribution < -0.4 is 4.16 Å². The van der Waals surface area contributed by atoms with Crippen LogP contribution in [-0.4, -0.2) is 0 Å². The predicted molar refractivity (Wildman–Crippen MR) is 54.3 cm³/mol. The third kappa shape index (κ3) is 1.09. The summed E-state index contributed by atoms with van der Waals surface area (Å²) in [5.41, 5.74) is 5.96. The molecule has 1 aliphatic rings. The number of rotatable bonds is 0. The van der Waals surface area contributed by atoms with Crippen molar-refractivity contribution >= 4 is 4.16 Å². The van der Waals surface area contributed by atoms with E-state index in [4.69, 9.17) is 0 Å². The Morgan fingerprint density at radius 1 is 0.857 bits per heavy atom. The number of fused-ring (bicyclic) bond motifs is 3. The van der Waals surface area contributed by atoms with Gasteiger partial charge in [-0.25, -0.2) is 0 Å². The Morgan fingerprint density at radius 3 is 2.57 bits per heavy atom. The number of hydrogen-bond acceptors (Lipinski definition) is 0. The summed E-state index contributed by atoms with van der Waals surface area (Å²) in [6, 6.07) is 15.4. The van der Waals surface area contributed by atoms with Gasteiger partial charge in [-0.2, -0.15) is 0 Å². The van der Waals surface area contributed by atoms with Crippen LogP contribution in [0.3, 0.4) is 0 Å². The fraction of sp³-hybridized carbons (Fsp3) is 0.0769. The van der Waals surface area contributed by atoms with Crippen LogP contribution in [0.1, 0.15) is 11.1 Å². The first-order valence-electron chi connectivity index (χ1n) is 4.88. The van der Waals surface area contributed by atoms with Gasteiger partial charge in [-0.05, 0) is 0 Å². The van der Waals surface area contributed by atoms with Crippen molar-refractivity contribution in [2.45, 2.75) is 6.42 Å². The van der Waals surface area contributed by atoms with E-state index in [2.05, 4.69) is 42.5 Å². The Bertz CT molecular complexity index is 500. The second-order valence-electron chi connectivity index (χ2n) is 3.78. The molecule has 0 saturated carbocycles. The normalized spacial score (nSPS) is 12.4. The van der Waals surface area contributed by atoms with Gasteiger partial charge in [0, 0.05) is 0 Å². The Hall–Kier alpha value is -0.937. The Kier molecular flexibility index (Phi) is 1.82. The molecule has 2 aromatic carbocycles. The quantitative estimate of drug-likeness (QED) is 0.521. The third-order valence-corrected chi connectivity index (χ3v) is 4.34. The van der Waals surface area contributed by atoms with Crippen LogP contribution in [0.15, 0.2) is 42.5 Å². The zero-order chi connectivity index (χ0) is 9.54. The topological polar surface area (TPSA) is 0 Å². The van der Waals surface area contributed by atoms with Crippen LogP contribution in [0.4, 0.5) is 0 Å². The van der Waals surface area contributed by atoms with Crippen molar-refractivity contribution in [3.05, 3.63) is 53.6 Å². The van der Waals surface area contributed by atoms with Crippen molar-refractivity contribution in [2.24, 2.45) is 0 Å². The van der Waals surface area contributed by atoms with Gasteiger partial charge < -0.3 is 0 Å². The van der Waals surface area contributed by atoms with E-state index in [1.165, 1.54) is 35.0 Å². The van der Waals surface area contributed by atoms with Crippen LogP contribution in [0.25, 0.3) is 11.1 Å². The Labute approximate surface area is 93.6 Å². The van der Waals surface area contributed by atoms with Gasteiger partial charge in [-0.3, -0.25) is 0 Å². The van der Waals surface area contributed by atoms with Crippen LogP contribution in [0.2, 0.25) is 0 Å². The molecule has 0 saturated heterocycles. The first-order valence-corrected chi connectivity index (χ1v) is 6.37. The van der Waals surface area contributed by atoms with E-state index in [1.54, 1.807) is 9.72 Å². The van der Waals surface area contributed by atoms with Crippen LogP contribution in [0.5, 0.6) is 0 Å². The zero-order valence-corrected chi connectivity index (χ0v) is 10.9. The van der Waals surface area contributed by atoms with Crippen molar-refractivity contribution in [1.82, 2.24) is 0 Å². The Morgan fingerprint density at radius 2 is 1.64 bits per heavy atom. The van der Waals surface area contributed by atoms with Crippen molar-refractivity contribution in [3.63, 3.8) is 0 Å². The summed E-state index contributed by atoms with van der Waals surface area (Å²) in [5.74, 6) is 0. The van der Waals surface area contributed by atoms with E-state index in [1.807, 2.05) is 0 Å². The molecule has 0 unspecified atom stereocenters. The molecule has 2 aromatic rings. The molecule has 0 fully saturated rings. The molecule has 14 heavy (non-hydrogen) atoms. The summed E-state index contributed by atoms with van der Waals surface area (Å²) in [5, 5.41) is 0. The summed E-state index contributed by atoms with van der Waals surface area (Å²) in [7, 11) is 0. The van der Waals surface area contributed by atoms with E-state index in [9.17, 15) is 0 Å². The second-order valence-corrected chi connectivity index (χ2v) is 5.38. The molecular formula is C13H9Zn. The molecule has 63 valence electrons. The molecule has 0 heterocycles. The van der Waals surface area contributed by atoms with E-state index in [-0.39, 0.29) is 0 Å². The average molecular weight is 231 g/mol. The third-order valence-electron chi connectivity index (χ3n) is 2.95. The maximum absolute atomic E-state index is 2.25. The van der Waals surface area contributed by atoms with Gasteiger partial charge in [0.25, 0.3) is 0 Å². The molecule has 0 aliphatic heterocycles. The molecule has 0 spiro atoms. The first-order chi connectivity index (χ1) is 6.86. The van der Waals surface area contributed by atoms with Gasteiger partial charge in [0.05, 0.1) is 0 Å². The summed E-state index contributed by atoms with van der Waals surface area (Å²) >= 11 is 1.26. The molecule has 1 heteroatoms. The second kappa shape index (κ2) is 3.03. The number of hydrogen-bond donors (Lipinski definition) is 0. The SMILES string of the molecule is [Zn][c]1cccc2c1Cc1ccccc1-2. The van der Waals surface area contributed by atoms with E-state index >= 15 is 0 Å². The molecular weight excluding hydrogens is 222 g/mol. The average Bonchev–Trinajstić information content (AvgIpc) is 2.59. The van der Waals surface area contributed by atoms with E-state index < -0.39 is 0 Å².